The zero-order valence-corrected chi connectivity index (χ0v) is 12.4. The van der Waals surface area contributed by atoms with Gasteiger partial charge in [0.2, 0.25) is 7.12 Å². The van der Waals surface area contributed by atoms with Crippen molar-refractivity contribution < 1.29 is 23.9 Å². The van der Waals surface area contributed by atoms with Gasteiger partial charge in [0.25, 0.3) is 0 Å². The molecule has 1 radical (unpaired) electrons. The summed E-state index contributed by atoms with van der Waals surface area (Å²) in [5, 5.41) is 6.17. The lowest BCUT2D eigenvalue weighted by atomic mass is 9.85. The zero-order chi connectivity index (χ0) is 15.0. The predicted molar refractivity (Wildman–Crippen MR) is 80.4 cm³/mol. The molecule has 0 bridgehead atoms. The SMILES string of the molecule is c1ccc(COCc2cc([B-]3OCC[NH2+]CCO3)on2)cc1. The van der Waals surface area contributed by atoms with Crippen LogP contribution in [0.5, 0.6) is 0 Å². The first-order valence-electron chi connectivity index (χ1n) is 7.54. The van der Waals surface area contributed by atoms with Gasteiger partial charge in [0.05, 0.1) is 39.5 Å². The molecule has 117 valence electrons. The van der Waals surface area contributed by atoms with Crippen molar-refractivity contribution in [1.29, 1.82) is 0 Å². The van der Waals surface area contributed by atoms with Crippen molar-refractivity contribution in [2.45, 2.75) is 13.2 Å². The second kappa shape index (κ2) is 8.10. The van der Waals surface area contributed by atoms with Crippen molar-refractivity contribution in [2.75, 3.05) is 26.3 Å². The van der Waals surface area contributed by atoms with Crippen LogP contribution in [0.2, 0.25) is 0 Å². The number of aromatic nitrogens is 1. The molecule has 1 aliphatic rings. The second-order valence-corrected chi connectivity index (χ2v) is 5.14. The van der Waals surface area contributed by atoms with Crippen molar-refractivity contribution in [3.8, 4) is 0 Å². The molecule has 0 aliphatic carbocycles. The maximum atomic E-state index is 5.64. The van der Waals surface area contributed by atoms with Gasteiger partial charge in [-0.2, -0.15) is 0 Å². The average Bonchev–Trinajstić information content (AvgIpc) is 2.97. The molecule has 2 N–H and O–H groups in total. The van der Waals surface area contributed by atoms with E-state index in [9.17, 15) is 0 Å². The van der Waals surface area contributed by atoms with Gasteiger partial charge in [-0.1, -0.05) is 35.5 Å². The summed E-state index contributed by atoms with van der Waals surface area (Å²) in [5.41, 5.74) is 2.47. The van der Waals surface area contributed by atoms with Gasteiger partial charge >= 0.3 is 0 Å². The summed E-state index contributed by atoms with van der Waals surface area (Å²) in [6, 6.07) is 11.9. The lowest BCUT2D eigenvalue weighted by Crippen LogP contribution is -2.86. The number of rotatable bonds is 5. The van der Waals surface area contributed by atoms with Crippen LogP contribution >= 0.6 is 0 Å². The van der Waals surface area contributed by atoms with E-state index in [2.05, 4.69) is 10.5 Å². The van der Waals surface area contributed by atoms with Gasteiger partial charge in [-0.15, -0.1) is 0 Å². The summed E-state index contributed by atoms with van der Waals surface area (Å²) in [6.45, 7) is 4.08. The number of nitrogens with zero attached hydrogens (tertiary/aromatic N) is 1. The fourth-order valence-electron chi connectivity index (χ4n) is 2.23. The summed E-state index contributed by atoms with van der Waals surface area (Å²) in [7, 11) is -0.468. The molecule has 1 aliphatic heterocycles. The van der Waals surface area contributed by atoms with Crippen LogP contribution in [0, 0.1) is 0 Å². The average molecular weight is 303 g/mol. The Morgan fingerprint density at radius 3 is 2.64 bits per heavy atom. The van der Waals surface area contributed by atoms with E-state index in [0.717, 1.165) is 24.3 Å². The maximum Gasteiger partial charge on any atom is 0.219 e. The summed E-state index contributed by atoms with van der Waals surface area (Å²) in [4.78, 5) is 0. The van der Waals surface area contributed by atoms with E-state index in [-0.39, 0.29) is 0 Å². The lowest BCUT2D eigenvalue weighted by molar-refractivity contribution is -0.657. The van der Waals surface area contributed by atoms with Gasteiger partial charge in [-0.25, -0.2) is 0 Å². The molecule has 0 atom stereocenters. The highest BCUT2D eigenvalue weighted by molar-refractivity contribution is 6.59. The Kier molecular flexibility index (Phi) is 5.61. The monoisotopic (exact) mass is 303 g/mol. The fourth-order valence-corrected chi connectivity index (χ4v) is 2.23. The molecule has 3 rings (SSSR count). The molecule has 2 heterocycles. The highest BCUT2D eigenvalue weighted by Crippen LogP contribution is 2.04. The molecule has 7 heteroatoms. The third kappa shape index (κ3) is 4.41. The first-order valence-corrected chi connectivity index (χ1v) is 7.54. The molecule has 1 saturated heterocycles. The van der Waals surface area contributed by atoms with E-state index in [1.54, 1.807) is 0 Å². The van der Waals surface area contributed by atoms with Crippen LogP contribution in [0.1, 0.15) is 11.3 Å². The van der Waals surface area contributed by atoms with Crippen LogP contribution in [0.25, 0.3) is 0 Å². The minimum Gasteiger partial charge on any atom is -0.580 e. The normalized spacial score (nSPS) is 17.1. The molecular weight excluding hydrogens is 283 g/mol. The molecule has 0 unspecified atom stereocenters. The Hall–Kier alpha value is -1.67. The summed E-state index contributed by atoms with van der Waals surface area (Å²) >= 11 is 0. The topological polar surface area (TPSA) is 70.3 Å². The Labute approximate surface area is 129 Å². The van der Waals surface area contributed by atoms with Crippen molar-refractivity contribution in [1.82, 2.24) is 5.16 Å². The highest BCUT2D eigenvalue weighted by atomic mass is 16.6. The van der Waals surface area contributed by atoms with Crippen LogP contribution in [0.4, 0.5) is 0 Å². The Balaban J connectivity index is 1.50. The molecule has 6 nitrogen and oxygen atoms in total. The second-order valence-electron chi connectivity index (χ2n) is 5.14. The summed E-state index contributed by atoms with van der Waals surface area (Å²) in [6.07, 6.45) is 0. The van der Waals surface area contributed by atoms with E-state index in [0.29, 0.717) is 32.1 Å². The molecule has 0 spiro atoms. The van der Waals surface area contributed by atoms with Crippen LogP contribution in [0.15, 0.2) is 40.9 Å². The standard InChI is InChI=1S/C15H19BN2O4/c1-2-4-13(5-3-1)11-19-12-14-10-15(22-18-14)16-20-8-6-17-7-9-21-16/h1-5,10,17H,6-9,11-12H2/q-1/p+1. The van der Waals surface area contributed by atoms with Crippen LogP contribution in [-0.2, 0) is 27.3 Å². The Morgan fingerprint density at radius 2 is 1.86 bits per heavy atom. The van der Waals surface area contributed by atoms with Gasteiger partial charge in [-0.3, -0.25) is 0 Å². The number of quaternary nitrogens is 1. The van der Waals surface area contributed by atoms with E-state index >= 15 is 0 Å². The minimum absolute atomic E-state index is 0.402. The smallest absolute Gasteiger partial charge is 0.219 e. The third-order valence-electron chi connectivity index (χ3n) is 3.35. The van der Waals surface area contributed by atoms with Crippen molar-refractivity contribution in [3.63, 3.8) is 0 Å². The van der Waals surface area contributed by atoms with E-state index < -0.39 is 7.12 Å². The number of nitrogens with two attached hydrogens (primary N) is 1. The highest BCUT2D eigenvalue weighted by Gasteiger charge is 2.12. The molecule has 1 aromatic heterocycles. The maximum absolute atomic E-state index is 5.64. The lowest BCUT2D eigenvalue weighted by Gasteiger charge is -2.28. The quantitative estimate of drug-likeness (QED) is 0.768. The molecule has 0 amide bonds. The largest absolute Gasteiger partial charge is 0.580 e. The Morgan fingerprint density at radius 1 is 1.09 bits per heavy atom. The van der Waals surface area contributed by atoms with E-state index in [4.69, 9.17) is 18.6 Å². The van der Waals surface area contributed by atoms with Gasteiger partial charge in [0, 0.05) is 5.66 Å². The third-order valence-corrected chi connectivity index (χ3v) is 3.35. The zero-order valence-electron chi connectivity index (χ0n) is 12.4. The van der Waals surface area contributed by atoms with Gasteiger partial charge in [-0.05, 0) is 11.6 Å². The van der Waals surface area contributed by atoms with Gasteiger partial charge < -0.3 is 23.9 Å². The van der Waals surface area contributed by atoms with Crippen LogP contribution in [0.3, 0.4) is 0 Å². The molecule has 0 saturated carbocycles. The van der Waals surface area contributed by atoms with E-state index in [1.807, 2.05) is 36.4 Å². The van der Waals surface area contributed by atoms with Crippen molar-refractivity contribution in [3.05, 3.63) is 47.7 Å². The van der Waals surface area contributed by atoms with Crippen LogP contribution < -0.4 is 11.0 Å². The number of benzene rings is 1. The van der Waals surface area contributed by atoms with Gasteiger partial charge in [0.1, 0.15) is 5.69 Å². The minimum atomic E-state index is -0.468. The number of ether oxygens (including phenoxy) is 1. The first kappa shape index (κ1) is 15.2. The van der Waals surface area contributed by atoms with E-state index in [1.165, 1.54) is 0 Å². The Bertz CT molecular complexity index is 556. The molecule has 2 aromatic rings. The molecule has 22 heavy (non-hydrogen) atoms. The number of hydrogen-bond acceptors (Lipinski definition) is 5. The molecular formula is C15H20BN2O4. The van der Waals surface area contributed by atoms with Gasteiger partial charge in [0.15, 0.2) is 0 Å². The summed E-state index contributed by atoms with van der Waals surface area (Å²) < 4.78 is 22.2. The first-order chi connectivity index (χ1) is 10.9. The van der Waals surface area contributed by atoms with Crippen molar-refractivity contribution >= 4 is 12.8 Å². The van der Waals surface area contributed by atoms with Crippen molar-refractivity contribution in [2.24, 2.45) is 0 Å². The number of hydrogen-bond donors (Lipinski definition) is 1. The molecule has 1 aromatic carbocycles. The predicted octanol–water partition coefficient (Wildman–Crippen LogP) is -0.303. The summed E-state index contributed by atoms with van der Waals surface area (Å²) in [5.74, 6) is 0. The van der Waals surface area contributed by atoms with Crippen LogP contribution in [-0.4, -0.2) is 38.6 Å². The molecule has 1 fully saturated rings. The fraction of sp³-hybridized carbons (Fsp3) is 0.400.